The van der Waals surface area contributed by atoms with Crippen LogP contribution >= 0.6 is 11.3 Å². The number of aryl methyl sites for hydroxylation is 2. The molecule has 118 valence electrons. The molecule has 0 amide bonds. The van der Waals surface area contributed by atoms with Crippen LogP contribution in [-0.2, 0) is 11.3 Å². The molecule has 2 fully saturated rings. The van der Waals surface area contributed by atoms with E-state index in [-0.39, 0.29) is 6.04 Å². The van der Waals surface area contributed by atoms with Gasteiger partial charge in [-0.3, -0.25) is 10.00 Å². The number of rotatable bonds is 4. The molecule has 1 N–H and O–H groups in total. The highest BCUT2D eigenvalue weighted by atomic mass is 32.1. The number of hydrogen-bond acceptors (Lipinski definition) is 5. The molecule has 2 aromatic rings. The predicted octanol–water partition coefficient (Wildman–Crippen LogP) is 2.93. The smallest absolute Gasteiger partial charge is 0.0959 e. The zero-order valence-corrected chi connectivity index (χ0v) is 13.9. The maximum absolute atomic E-state index is 5.74. The molecule has 6 heteroatoms. The summed E-state index contributed by atoms with van der Waals surface area (Å²) in [5.74, 6) is 0.748. The standard InChI is InChI=1S/C16H22N4OS/c1-10-15(11(2)19-18-10)14-8-21-6-5-20(14)7-13-9-22-16(17-13)12-3-4-12/h9,12,14H,3-8H2,1-2H3,(H,18,19)/t14-/m1/s1. The molecule has 5 nitrogen and oxygen atoms in total. The largest absolute Gasteiger partial charge is 0.378 e. The highest BCUT2D eigenvalue weighted by Gasteiger charge is 2.30. The van der Waals surface area contributed by atoms with Crippen molar-refractivity contribution in [2.24, 2.45) is 0 Å². The summed E-state index contributed by atoms with van der Waals surface area (Å²) >= 11 is 1.83. The summed E-state index contributed by atoms with van der Waals surface area (Å²) in [6.45, 7) is 7.55. The van der Waals surface area contributed by atoms with Crippen LogP contribution < -0.4 is 0 Å². The molecule has 4 rings (SSSR count). The molecule has 1 aliphatic carbocycles. The van der Waals surface area contributed by atoms with Crippen molar-refractivity contribution in [1.29, 1.82) is 0 Å². The van der Waals surface area contributed by atoms with Gasteiger partial charge in [-0.2, -0.15) is 5.10 Å². The molecular formula is C16H22N4OS. The second-order valence-corrected chi connectivity index (χ2v) is 7.25. The van der Waals surface area contributed by atoms with Crippen LogP contribution in [0.1, 0.15) is 52.5 Å². The molecule has 0 radical (unpaired) electrons. The summed E-state index contributed by atoms with van der Waals surface area (Å²) in [7, 11) is 0. The van der Waals surface area contributed by atoms with Gasteiger partial charge < -0.3 is 4.74 Å². The first-order valence-electron chi connectivity index (χ1n) is 8.00. The van der Waals surface area contributed by atoms with Crippen LogP contribution in [0.15, 0.2) is 5.38 Å². The Morgan fingerprint density at radius 2 is 2.27 bits per heavy atom. The summed E-state index contributed by atoms with van der Waals surface area (Å²) in [6.07, 6.45) is 2.64. The number of nitrogens with one attached hydrogen (secondary N) is 1. The zero-order chi connectivity index (χ0) is 15.1. The quantitative estimate of drug-likeness (QED) is 0.942. The molecule has 0 unspecified atom stereocenters. The Balaban J connectivity index is 1.55. The lowest BCUT2D eigenvalue weighted by Crippen LogP contribution is -2.39. The van der Waals surface area contributed by atoms with E-state index in [2.05, 4.69) is 34.3 Å². The SMILES string of the molecule is Cc1n[nH]c(C)c1[C@H]1COCCN1Cc1csc(C2CC2)n1. The fourth-order valence-electron chi connectivity index (χ4n) is 3.26. The fraction of sp³-hybridized carbons (Fsp3) is 0.625. The molecule has 1 atom stereocenters. The topological polar surface area (TPSA) is 54.0 Å². The molecule has 1 saturated heterocycles. The molecule has 1 saturated carbocycles. The second-order valence-electron chi connectivity index (χ2n) is 6.36. The van der Waals surface area contributed by atoms with E-state index in [4.69, 9.17) is 9.72 Å². The normalized spacial score (nSPS) is 23.1. The van der Waals surface area contributed by atoms with E-state index < -0.39 is 0 Å². The number of morpholine rings is 1. The fourth-order valence-corrected chi connectivity index (χ4v) is 4.25. The van der Waals surface area contributed by atoms with Crippen molar-refractivity contribution in [2.75, 3.05) is 19.8 Å². The Bertz CT molecular complexity index is 641. The molecular weight excluding hydrogens is 296 g/mol. The molecule has 2 aliphatic rings. The van der Waals surface area contributed by atoms with Crippen molar-refractivity contribution < 1.29 is 4.74 Å². The lowest BCUT2D eigenvalue weighted by molar-refractivity contribution is -0.0136. The minimum absolute atomic E-state index is 0.276. The van der Waals surface area contributed by atoms with Gasteiger partial charge >= 0.3 is 0 Å². The van der Waals surface area contributed by atoms with Crippen molar-refractivity contribution in [3.8, 4) is 0 Å². The van der Waals surface area contributed by atoms with Crippen LogP contribution in [0.5, 0.6) is 0 Å². The third-order valence-electron chi connectivity index (χ3n) is 4.62. The Kier molecular flexibility index (Phi) is 3.76. The predicted molar refractivity (Wildman–Crippen MR) is 86.1 cm³/mol. The van der Waals surface area contributed by atoms with Crippen LogP contribution in [0.2, 0.25) is 0 Å². The van der Waals surface area contributed by atoms with Gasteiger partial charge in [-0.1, -0.05) is 0 Å². The average molecular weight is 318 g/mol. The Morgan fingerprint density at radius 1 is 1.41 bits per heavy atom. The molecule has 22 heavy (non-hydrogen) atoms. The number of nitrogens with zero attached hydrogens (tertiary/aromatic N) is 3. The number of H-pyrrole nitrogens is 1. The Morgan fingerprint density at radius 3 is 3.00 bits per heavy atom. The number of thiazole rings is 1. The van der Waals surface area contributed by atoms with E-state index in [1.54, 1.807) is 0 Å². The van der Waals surface area contributed by atoms with Gasteiger partial charge in [-0.15, -0.1) is 11.3 Å². The Hall–Kier alpha value is -1.24. The first-order valence-corrected chi connectivity index (χ1v) is 8.88. The first kappa shape index (κ1) is 14.4. The highest BCUT2D eigenvalue weighted by Crippen LogP contribution is 2.41. The number of hydrogen-bond donors (Lipinski definition) is 1. The summed E-state index contributed by atoms with van der Waals surface area (Å²) < 4.78 is 5.74. The van der Waals surface area contributed by atoms with Gasteiger partial charge in [0.1, 0.15) is 0 Å². The molecule has 3 heterocycles. The molecule has 0 bridgehead atoms. The van der Waals surface area contributed by atoms with Crippen LogP contribution in [0, 0.1) is 13.8 Å². The van der Waals surface area contributed by atoms with Crippen molar-refractivity contribution in [1.82, 2.24) is 20.1 Å². The van der Waals surface area contributed by atoms with E-state index >= 15 is 0 Å². The van der Waals surface area contributed by atoms with Gasteiger partial charge in [0.05, 0.1) is 35.7 Å². The van der Waals surface area contributed by atoms with Crippen LogP contribution in [-0.4, -0.2) is 39.8 Å². The summed E-state index contributed by atoms with van der Waals surface area (Å²) in [6, 6.07) is 0.276. The molecule has 0 aromatic carbocycles. The molecule has 1 aliphatic heterocycles. The second kappa shape index (κ2) is 5.76. The molecule has 2 aromatic heterocycles. The monoisotopic (exact) mass is 318 g/mol. The lowest BCUT2D eigenvalue weighted by Gasteiger charge is -2.35. The number of aromatic nitrogens is 3. The van der Waals surface area contributed by atoms with E-state index in [0.29, 0.717) is 0 Å². The third kappa shape index (κ3) is 2.71. The van der Waals surface area contributed by atoms with E-state index in [0.717, 1.165) is 43.6 Å². The number of aromatic amines is 1. The molecule has 0 spiro atoms. The van der Waals surface area contributed by atoms with Crippen molar-refractivity contribution >= 4 is 11.3 Å². The number of ether oxygens (including phenoxy) is 1. The third-order valence-corrected chi connectivity index (χ3v) is 5.67. The van der Waals surface area contributed by atoms with Crippen LogP contribution in [0.4, 0.5) is 0 Å². The van der Waals surface area contributed by atoms with Gasteiger partial charge in [0.15, 0.2) is 0 Å². The van der Waals surface area contributed by atoms with Crippen molar-refractivity contribution in [3.63, 3.8) is 0 Å². The summed E-state index contributed by atoms with van der Waals surface area (Å²) in [5, 5.41) is 11.0. The average Bonchev–Trinajstić information content (AvgIpc) is 3.18. The first-order chi connectivity index (χ1) is 10.7. The summed E-state index contributed by atoms with van der Waals surface area (Å²) in [5.41, 5.74) is 4.72. The maximum Gasteiger partial charge on any atom is 0.0959 e. The van der Waals surface area contributed by atoms with Crippen LogP contribution in [0.3, 0.4) is 0 Å². The minimum Gasteiger partial charge on any atom is -0.378 e. The zero-order valence-electron chi connectivity index (χ0n) is 13.1. The summed E-state index contributed by atoms with van der Waals surface area (Å²) in [4.78, 5) is 7.33. The maximum atomic E-state index is 5.74. The van der Waals surface area contributed by atoms with Gasteiger partial charge in [-0.05, 0) is 26.7 Å². The van der Waals surface area contributed by atoms with Gasteiger partial charge in [-0.25, -0.2) is 4.98 Å². The highest BCUT2D eigenvalue weighted by molar-refractivity contribution is 7.09. The van der Waals surface area contributed by atoms with Crippen LogP contribution in [0.25, 0.3) is 0 Å². The van der Waals surface area contributed by atoms with E-state index in [9.17, 15) is 0 Å². The van der Waals surface area contributed by atoms with Gasteiger partial charge in [0.25, 0.3) is 0 Å². The van der Waals surface area contributed by atoms with Crippen molar-refractivity contribution in [2.45, 2.75) is 45.2 Å². The lowest BCUT2D eigenvalue weighted by atomic mass is 10.0. The van der Waals surface area contributed by atoms with E-state index in [1.165, 1.54) is 29.1 Å². The Labute approximate surface area is 134 Å². The van der Waals surface area contributed by atoms with Gasteiger partial charge in [0, 0.05) is 35.6 Å². The van der Waals surface area contributed by atoms with Gasteiger partial charge in [0.2, 0.25) is 0 Å². The van der Waals surface area contributed by atoms with Crippen molar-refractivity contribution in [3.05, 3.63) is 33.0 Å². The minimum atomic E-state index is 0.276. The van der Waals surface area contributed by atoms with E-state index in [1.807, 2.05) is 11.3 Å².